The molecule has 0 saturated carbocycles. The molecule has 0 bridgehead atoms. The highest BCUT2D eigenvalue weighted by Gasteiger charge is 2.14. The van der Waals surface area contributed by atoms with Gasteiger partial charge >= 0.3 is 0 Å². The van der Waals surface area contributed by atoms with E-state index in [4.69, 9.17) is 18.9 Å². The van der Waals surface area contributed by atoms with Crippen molar-refractivity contribution in [1.29, 1.82) is 0 Å². The molecule has 2 rings (SSSR count). The number of methoxy groups -OCH3 is 1. The van der Waals surface area contributed by atoms with E-state index in [-0.39, 0.29) is 30.0 Å². The Morgan fingerprint density at radius 3 is 2.53 bits per heavy atom. The van der Waals surface area contributed by atoms with Crippen molar-refractivity contribution >= 4 is 29.9 Å². The van der Waals surface area contributed by atoms with Gasteiger partial charge in [0.15, 0.2) is 5.96 Å². The Morgan fingerprint density at radius 1 is 1.17 bits per heavy atom. The molecule has 0 spiro atoms. The van der Waals surface area contributed by atoms with Gasteiger partial charge < -0.3 is 29.4 Å². The molecule has 1 atom stereocenters. The molecule has 168 valence electrons. The van der Waals surface area contributed by atoms with E-state index in [1.54, 1.807) is 13.4 Å². The maximum atomic E-state index is 5.62. The van der Waals surface area contributed by atoms with E-state index in [9.17, 15) is 0 Å². The van der Waals surface area contributed by atoms with Crippen molar-refractivity contribution in [3.63, 3.8) is 0 Å². The Labute approximate surface area is 197 Å². The van der Waals surface area contributed by atoms with Crippen molar-refractivity contribution in [2.75, 3.05) is 47.4 Å². The maximum Gasteiger partial charge on any atom is 0.191 e. The lowest BCUT2D eigenvalue weighted by molar-refractivity contribution is 0.105. The van der Waals surface area contributed by atoms with Crippen LogP contribution in [0, 0.1) is 0 Å². The highest BCUT2D eigenvalue weighted by Crippen LogP contribution is 2.21. The molecule has 0 saturated heterocycles. The standard InChI is InChI=1S/C22H34N4O3.HI/c1-5-23-22(24-13-7-14-28-17-20-8-6-15-29-20)25-16-21(26(2)3)18-9-11-19(27-4)12-10-18;/h6,8-12,15,21H,5,7,13-14,16-17H2,1-4H3,(H2,23,24,25);1H. The molecule has 0 fully saturated rings. The number of nitrogens with one attached hydrogen (secondary N) is 2. The quantitative estimate of drug-likeness (QED) is 0.189. The van der Waals surface area contributed by atoms with Gasteiger partial charge in [-0.1, -0.05) is 12.1 Å². The van der Waals surface area contributed by atoms with Crippen LogP contribution < -0.4 is 15.4 Å². The van der Waals surface area contributed by atoms with Crippen LogP contribution in [0.1, 0.15) is 30.7 Å². The van der Waals surface area contributed by atoms with Gasteiger partial charge in [0.1, 0.15) is 18.1 Å². The first-order chi connectivity index (χ1) is 14.1. The zero-order chi connectivity index (χ0) is 20.9. The van der Waals surface area contributed by atoms with Crippen LogP contribution in [0.5, 0.6) is 5.75 Å². The van der Waals surface area contributed by atoms with Crippen LogP contribution in [-0.4, -0.2) is 58.3 Å². The van der Waals surface area contributed by atoms with Gasteiger partial charge in [-0.25, -0.2) is 0 Å². The lowest BCUT2D eigenvalue weighted by atomic mass is 10.1. The molecule has 0 radical (unpaired) electrons. The molecule has 1 heterocycles. The molecule has 8 heteroatoms. The zero-order valence-corrected chi connectivity index (χ0v) is 20.7. The minimum absolute atomic E-state index is 0. The highest BCUT2D eigenvalue weighted by molar-refractivity contribution is 14.0. The minimum Gasteiger partial charge on any atom is -0.497 e. The summed E-state index contributed by atoms with van der Waals surface area (Å²) in [5.74, 6) is 2.53. The van der Waals surface area contributed by atoms with Crippen molar-refractivity contribution < 1.29 is 13.9 Å². The van der Waals surface area contributed by atoms with E-state index in [0.717, 1.165) is 37.0 Å². The Hall–Kier alpha value is -1.78. The van der Waals surface area contributed by atoms with E-state index >= 15 is 0 Å². The fourth-order valence-corrected chi connectivity index (χ4v) is 2.86. The van der Waals surface area contributed by atoms with Gasteiger partial charge in [-0.05, 0) is 57.3 Å². The third kappa shape index (κ3) is 9.36. The predicted octanol–water partition coefficient (Wildman–Crippen LogP) is 3.67. The van der Waals surface area contributed by atoms with E-state index < -0.39 is 0 Å². The van der Waals surface area contributed by atoms with Crippen LogP contribution in [0.4, 0.5) is 0 Å². The molecule has 2 N–H and O–H groups in total. The van der Waals surface area contributed by atoms with E-state index in [2.05, 4.69) is 48.7 Å². The smallest absolute Gasteiger partial charge is 0.191 e. The summed E-state index contributed by atoms with van der Waals surface area (Å²) in [5, 5.41) is 6.68. The van der Waals surface area contributed by atoms with E-state index in [0.29, 0.717) is 19.8 Å². The van der Waals surface area contributed by atoms with Crippen LogP contribution in [0.2, 0.25) is 0 Å². The Kier molecular flexibility index (Phi) is 13.2. The van der Waals surface area contributed by atoms with Crippen LogP contribution in [0.15, 0.2) is 52.1 Å². The van der Waals surface area contributed by atoms with E-state index in [1.807, 2.05) is 24.3 Å². The van der Waals surface area contributed by atoms with Crippen LogP contribution in [0.25, 0.3) is 0 Å². The average molecular weight is 530 g/mol. The number of hydrogen-bond acceptors (Lipinski definition) is 5. The van der Waals surface area contributed by atoms with Gasteiger partial charge in [0.05, 0.1) is 26.0 Å². The third-order valence-electron chi connectivity index (χ3n) is 4.47. The fraction of sp³-hybridized carbons (Fsp3) is 0.500. The second kappa shape index (κ2) is 15.1. The van der Waals surface area contributed by atoms with Gasteiger partial charge in [0, 0.05) is 19.7 Å². The lowest BCUT2D eigenvalue weighted by Gasteiger charge is -2.24. The Bertz CT molecular complexity index is 706. The summed E-state index contributed by atoms with van der Waals surface area (Å²) in [6.45, 7) is 5.50. The summed E-state index contributed by atoms with van der Waals surface area (Å²) >= 11 is 0. The van der Waals surface area contributed by atoms with E-state index in [1.165, 1.54) is 5.56 Å². The Balaban J connectivity index is 0.00000450. The normalized spacial score (nSPS) is 12.4. The molecule has 0 aliphatic rings. The molecule has 30 heavy (non-hydrogen) atoms. The minimum atomic E-state index is 0. The number of aliphatic imine (C=N–C) groups is 1. The van der Waals surface area contributed by atoms with Gasteiger partial charge in [-0.3, -0.25) is 4.99 Å². The third-order valence-corrected chi connectivity index (χ3v) is 4.47. The second-order valence-electron chi connectivity index (χ2n) is 6.88. The first-order valence-electron chi connectivity index (χ1n) is 10.1. The molecule has 2 aromatic rings. The first-order valence-corrected chi connectivity index (χ1v) is 10.1. The molecular weight excluding hydrogens is 495 g/mol. The molecular formula is C22H35IN4O3. The van der Waals surface area contributed by atoms with Crippen LogP contribution in [0.3, 0.4) is 0 Å². The first kappa shape index (κ1) is 26.3. The number of benzene rings is 1. The molecule has 1 aromatic heterocycles. The number of hydrogen-bond donors (Lipinski definition) is 2. The van der Waals surface area contributed by atoms with Crippen LogP contribution in [-0.2, 0) is 11.3 Å². The summed E-state index contributed by atoms with van der Waals surface area (Å²) in [6.07, 6.45) is 2.55. The number of furan rings is 1. The summed E-state index contributed by atoms with van der Waals surface area (Å²) in [4.78, 5) is 6.96. The molecule has 0 aliphatic carbocycles. The molecule has 0 amide bonds. The van der Waals surface area contributed by atoms with Crippen molar-refractivity contribution in [2.45, 2.75) is 26.0 Å². The summed E-state index contributed by atoms with van der Waals surface area (Å²) in [7, 11) is 5.82. The number of nitrogens with zero attached hydrogens (tertiary/aromatic N) is 2. The summed E-state index contributed by atoms with van der Waals surface area (Å²) in [5.41, 5.74) is 1.21. The van der Waals surface area contributed by atoms with Crippen molar-refractivity contribution in [1.82, 2.24) is 15.5 Å². The average Bonchev–Trinajstić information content (AvgIpc) is 3.24. The van der Waals surface area contributed by atoms with Gasteiger partial charge in [-0.15, -0.1) is 24.0 Å². The predicted molar refractivity (Wildman–Crippen MR) is 132 cm³/mol. The van der Waals surface area contributed by atoms with Gasteiger partial charge in [-0.2, -0.15) is 0 Å². The largest absolute Gasteiger partial charge is 0.497 e. The fourth-order valence-electron chi connectivity index (χ4n) is 2.86. The van der Waals surface area contributed by atoms with Gasteiger partial charge in [0.25, 0.3) is 0 Å². The molecule has 7 nitrogen and oxygen atoms in total. The Morgan fingerprint density at radius 2 is 1.93 bits per heavy atom. The van der Waals surface area contributed by atoms with Crippen molar-refractivity contribution in [2.24, 2.45) is 4.99 Å². The second-order valence-corrected chi connectivity index (χ2v) is 6.88. The highest BCUT2D eigenvalue weighted by atomic mass is 127. The molecule has 0 aliphatic heterocycles. The van der Waals surface area contributed by atoms with Crippen molar-refractivity contribution in [3.8, 4) is 5.75 Å². The number of ether oxygens (including phenoxy) is 2. The summed E-state index contributed by atoms with van der Waals surface area (Å²) < 4.78 is 16.1. The number of halogens is 1. The lowest BCUT2D eigenvalue weighted by Crippen LogP contribution is -2.38. The number of likely N-dealkylation sites (N-methyl/N-ethyl adjacent to an activating group) is 1. The topological polar surface area (TPSA) is 71.3 Å². The SMILES string of the molecule is CCNC(=NCC(c1ccc(OC)cc1)N(C)C)NCCCOCc1ccco1.I. The summed E-state index contributed by atoms with van der Waals surface area (Å²) in [6, 6.07) is 12.1. The van der Waals surface area contributed by atoms with Gasteiger partial charge in [0.2, 0.25) is 0 Å². The monoisotopic (exact) mass is 530 g/mol. The van der Waals surface area contributed by atoms with Crippen LogP contribution >= 0.6 is 24.0 Å². The molecule has 1 aromatic carbocycles. The number of guanidine groups is 1. The maximum absolute atomic E-state index is 5.62. The number of rotatable bonds is 12. The van der Waals surface area contributed by atoms with Crippen molar-refractivity contribution in [3.05, 3.63) is 54.0 Å². The molecule has 1 unspecified atom stereocenters. The zero-order valence-electron chi connectivity index (χ0n) is 18.4.